The SMILES string of the molecule is CCC(C)(C)C(=O)C(=O)N1C2CCCC1C(=O)N(CCOc1ccc(OC)c(OC)c1)CC2. The van der Waals surface area contributed by atoms with Crippen molar-refractivity contribution in [1.29, 1.82) is 0 Å². The van der Waals surface area contributed by atoms with Crippen LogP contribution in [0.15, 0.2) is 18.2 Å². The van der Waals surface area contributed by atoms with Crippen LogP contribution in [0.2, 0.25) is 0 Å². The molecule has 2 amide bonds. The van der Waals surface area contributed by atoms with E-state index in [9.17, 15) is 14.4 Å². The Bertz CT molecular complexity index is 884. The highest BCUT2D eigenvalue weighted by atomic mass is 16.5. The van der Waals surface area contributed by atoms with Gasteiger partial charge in [0.25, 0.3) is 5.91 Å². The second-order valence-corrected chi connectivity index (χ2v) is 9.36. The molecule has 8 heteroatoms. The van der Waals surface area contributed by atoms with E-state index in [4.69, 9.17) is 14.2 Å². The summed E-state index contributed by atoms with van der Waals surface area (Å²) < 4.78 is 16.4. The molecule has 0 radical (unpaired) electrons. The van der Waals surface area contributed by atoms with E-state index in [1.807, 2.05) is 6.92 Å². The summed E-state index contributed by atoms with van der Waals surface area (Å²) in [6, 6.07) is 4.66. The van der Waals surface area contributed by atoms with Gasteiger partial charge < -0.3 is 24.0 Å². The summed E-state index contributed by atoms with van der Waals surface area (Å²) in [5.41, 5.74) is -0.728. The molecule has 0 aromatic heterocycles. The minimum absolute atomic E-state index is 0.0754. The standard InChI is InChI=1S/C25H36N2O6/c1-6-25(2,3)22(28)24(30)27-17-8-7-9-19(27)23(29)26(13-12-17)14-15-33-18-10-11-20(31-4)21(16-18)32-5/h10-11,16-17,19H,6-9,12-15H2,1-5H3. The maximum atomic E-state index is 13.4. The molecule has 0 aliphatic carbocycles. The Hall–Kier alpha value is -2.77. The summed E-state index contributed by atoms with van der Waals surface area (Å²) in [6.07, 6.45) is 3.55. The van der Waals surface area contributed by atoms with Crippen LogP contribution in [0.5, 0.6) is 17.2 Å². The van der Waals surface area contributed by atoms with Gasteiger partial charge >= 0.3 is 0 Å². The van der Waals surface area contributed by atoms with Crippen molar-refractivity contribution < 1.29 is 28.6 Å². The number of Topliss-reactive ketones (excluding diaryl/α,β-unsaturated/α-hetero) is 1. The van der Waals surface area contributed by atoms with Crippen LogP contribution in [0.4, 0.5) is 0 Å². The zero-order valence-electron chi connectivity index (χ0n) is 20.4. The van der Waals surface area contributed by atoms with Crippen molar-refractivity contribution in [2.75, 3.05) is 33.9 Å². The summed E-state index contributed by atoms with van der Waals surface area (Å²) in [5, 5.41) is 0. The number of carbonyl (C=O) groups is 3. The molecule has 2 bridgehead atoms. The van der Waals surface area contributed by atoms with Gasteiger partial charge in [-0.15, -0.1) is 0 Å². The molecule has 2 aliphatic rings. The van der Waals surface area contributed by atoms with Crippen LogP contribution in [-0.2, 0) is 14.4 Å². The molecule has 1 aromatic carbocycles. The highest BCUT2D eigenvalue weighted by Crippen LogP contribution is 2.33. The predicted molar refractivity (Wildman–Crippen MR) is 124 cm³/mol. The third-order valence-corrected chi connectivity index (χ3v) is 6.99. The third-order valence-electron chi connectivity index (χ3n) is 6.99. The third kappa shape index (κ3) is 5.25. The molecule has 2 aliphatic heterocycles. The van der Waals surface area contributed by atoms with Crippen LogP contribution < -0.4 is 14.2 Å². The Labute approximate surface area is 196 Å². The summed E-state index contributed by atoms with van der Waals surface area (Å²) in [5.74, 6) is 0.809. The van der Waals surface area contributed by atoms with E-state index in [1.54, 1.807) is 56.1 Å². The Kier molecular flexibility index (Phi) is 7.87. The molecule has 2 fully saturated rings. The molecule has 1 aromatic rings. The second kappa shape index (κ2) is 10.4. The van der Waals surface area contributed by atoms with Crippen LogP contribution >= 0.6 is 0 Å². The molecule has 33 heavy (non-hydrogen) atoms. The van der Waals surface area contributed by atoms with Gasteiger partial charge in [-0.25, -0.2) is 0 Å². The first-order chi connectivity index (χ1) is 15.7. The maximum Gasteiger partial charge on any atom is 0.291 e. The van der Waals surface area contributed by atoms with E-state index in [2.05, 4.69) is 0 Å². The van der Waals surface area contributed by atoms with Crippen molar-refractivity contribution in [3.63, 3.8) is 0 Å². The number of fused-ring (bicyclic) bond motifs is 2. The lowest BCUT2D eigenvalue weighted by Gasteiger charge is -2.40. The zero-order chi connectivity index (χ0) is 24.2. The Morgan fingerprint density at radius 2 is 1.82 bits per heavy atom. The molecule has 0 saturated carbocycles. The molecule has 182 valence electrons. The number of amides is 2. The van der Waals surface area contributed by atoms with Gasteiger partial charge in [0.15, 0.2) is 11.5 Å². The van der Waals surface area contributed by atoms with E-state index >= 15 is 0 Å². The van der Waals surface area contributed by atoms with Crippen molar-refractivity contribution >= 4 is 17.6 Å². The lowest BCUT2D eigenvalue weighted by Crippen LogP contribution is -2.57. The van der Waals surface area contributed by atoms with Crippen LogP contribution in [0, 0.1) is 5.41 Å². The number of carbonyl (C=O) groups excluding carboxylic acids is 3. The van der Waals surface area contributed by atoms with Gasteiger partial charge in [-0.1, -0.05) is 20.8 Å². The normalized spacial score (nSPS) is 20.8. The van der Waals surface area contributed by atoms with E-state index in [-0.39, 0.29) is 11.9 Å². The highest BCUT2D eigenvalue weighted by molar-refractivity contribution is 6.38. The number of benzene rings is 1. The van der Waals surface area contributed by atoms with Gasteiger partial charge in [0.05, 0.1) is 20.8 Å². The number of nitrogens with zero attached hydrogens (tertiary/aromatic N) is 2. The van der Waals surface area contributed by atoms with Gasteiger partial charge in [-0.05, 0) is 44.2 Å². The van der Waals surface area contributed by atoms with Gasteiger partial charge in [0, 0.05) is 24.1 Å². The number of methoxy groups -OCH3 is 2. The van der Waals surface area contributed by atoms with E-state index in [0.717, 1.165) is 12.8 Å². The van der Waals surface area contributed by atoms with Crippen LogP contribution in [-0.4, -0.2) is 73.4 Å². The average Bonchev–Trinajstić information content (AvgIpc) is 2.90. The molecule has 3 rings (SSSR count). The molecular formula is C25H36N2O6. The predicted octanol–water partition coefficient (Wildman–Crippen LogP) is 3.07. The van der Waals surface area contributed by atoms with Crippen molar-refractivity contribution in [3.8, 4) is 17.2 Å². The topological polar surface area (TPSA) is 85.4 Å². The molecule has 2 atom stereocenters. The number of rotatable bonds is 9. The molecular weight excluding hydrogens is 424 g/mol. The first-order valence-corrected chi connectivity index (χ1v) is 11.7. The number of ketones is 1. The van der Waals surface area contributed by atoms with Gasteiger partial charge in [0.2, 0.25) is 11.7 Å². The second-order valence-electron chi connectivity index (χ2n) is 9.36. The fourth-order valence-electron chi connectivity index (χ4n) is 4.51. The Morgan fingerprint density at radius 3 is 2.48 bits per heavy atom. The summed E-state index contributed by atoms with van der Waals surface area (Å²) in [7, 11) is 3.14. The smallest absolute Gasteiger partial charge is 0.291 e. The van der Waals surface area contributed by atoms with Crippen LogP contribution in [0.1, 0.15) is 52.9 Å². The summed E-state index contributed by atoms with van der Waals surface area (Å²) in [6.45, 7) is 6.76. The van der Waals surface area contributed by atoms with Crippen molar-refractivity contribution in [1.82, 2.24) is 9.80 Å². The van der Waals surface area contributed by atoms with Gasteiger partial charge in [-0.2, -0.15) is 0 Å². The minimum Gasteiger partial charge on any atom is -0.493 e. The number of hydrogen-bond acceptors (Lipinski definition) is 6. The molecule has 0 N–H and O–H groups in total. The highest BCUT2D eigenvalue weighted by Gasteiger charge is 2.46. The van der Waals surface area contributed by atoms with E-state index in [0.29, 0.717) is 56.2 Å². The van der Waals surface area contributed by atoms with Crippen molar-refractivity contribution in [3.05, 3.63) is 18.2 Å². The quantitative estimate of drug-likeness (QED) is 0.527. The molecule has 2 unspecified atom stereocenters. The van der Waals surface area contributed by atoms with E-state index in [1.165, 1.54) is 0 Å². The first kappa shape index (κ1) is 24.9. The maximum absolute atomic E-state index is 13.4. The molecule has 0 spiro atoms. The lowest BCUT2D eigenvalue weighted by molar-refractivity contribution is -0.156. The summed E-state index contributed by atoms with van der Waals surface area (Å²) >= 11 is 0. The van der Waals surface area contributed by atoms with Crippen LogP contribution in [0.25, 0.3) is 0 Å². The fourth-order valence-corrected chi connectivity index (χ4v) is 4.51. The number of ether oxygens (including phenoxy) is 3. The lowest BCUT2D eigenvalue weighted by atomic mass is 9.83. The molecule has 2 heterocycles. The average molecular weight is 461 g/mol. The largest absolute Gasteiger partial charge is 0.493 e. The van der Waals surface area contributed by atoms with E-state index < -0.39 is 23.1 Å². The Balaban J connectivity index is 1.68. The van der Waals surface area contributed by atoms with Crippen LogP contribution in [0.3, 0.4) is 0 Å². The monoisotopic (exact) mass is 460 g/mol. The Morgan fingerprint density at radius 1 is 1.09 bits per heavy atom. The first-order valence-electron chi connectivity index (χ1n) is 11.7. The van der Waals surface area contributed by atoms with Crippen molar-refractivity contribution in [2.45, 2.75) is 65.0 Å². The van der Waals surface area contributed by atoms with Gasteiger partial charge in [0.1, 0.15) is 18.4 Å². The number of hydrogen-bond donors (Lipinski definition) is 0. The fraction of sp³-hybridized carbons (Fsp3) is 0.640. The number of piperidine rings is 1. The molecule has 2 saturated heterocycles. The minimum atomic E-state index is -0.728. The van der Waals surface area contributed by atoms with Crippen molar-refractivity contribution in [2.24, 2.45) is 5.41 Å². The van der Waals surface area contributed by atoms with Gasteiger partial charge in [-0.3, -0.25) is 14.4 Å². The molecule has 8 nitrogen and oxygen atoms in total. The zero-order valence-corrected chi connectivity index (χ0v) is 20.4. The summed E-state index contributed by atoms with van der Waals surface area (Å²) in [4.78, 5) is 42.8.